The highest BCUT2D eigenvalue weighted by Crippen LogP contribution is 2.26. The molecular formula is C12H15ClN2OS. The average Bonchev–Trinajstić information content (AvgIpc) is 2.95. The molecule has 1 saturated heterocycles. The van der Waals surface area contributed by atoms with Gasteiger partial charge in [0.25, 0.3) is 5.22 Å². The van der Waals surface area contributed by atoms with Crippen molar-refractivity contribution in [2.75, 3.05) is 18.8 Å². The van der Waals surface area contributed by atoms with Crippen LogP contribution in [0.1, 0.15) is 6.42 Å². The van der Waals surface area contributed by atoms with E-state index in [1.807, 2.05) is 24.3 Å². The van der Waals surface area contributed by atoms with E-state index in [9.17, 15) is 0 Å². The number of hydrogen-bond acceptors (Lipinski definition) is 4. The van der Waals surface area contributed by atoms with Crippen LogP contribution in [0.3, 0.4) is 0 Å². The van der Waals surface area contributed by atoms with Crippen LogP contribution in [0.2, 0.25) is 0 Å². The third kappa shape index (κ3) is 2.94. The Kier molecular flexibility index (Phi) is 4.31. The fourth-order valence-electron chi connectivity index (χ4n) is 1.96. The molecular weight excluding hydrogens is 256 g/mol. The van der Waals surface area contributed by atoms with Crippen molar-refractivity contribution in [2.24, 2.45) is 5.92 Å². The molecule has 1 N–H and O–H groups in total. The molecule has 17 heavy (non-hydrogen) atoms. The first-order chi connectivity index (χ1) is 7.92. The minimum Gasteiger partial charge on any atom is -0.431 e. The fourth-order valence-corrected chi connectivity index (χ4v) is 2.93. The summed E-state index contributed by atoms with van der Waals surface area (Å²) >= 11 is 1.73. The second-order valence-electron chi connectivity index (χ2n) is 4.12. The lowest BCUT2D eigenvalue weighted by atomic mass is 10.2. The summed E-state index contributed by atoms with van der Waals surface area (Å²) in [5, 5.41) is 4.17. The van der Waals surface area contributed by atoms with E-state index in [0.29, 0.717) is 0 Å². The van der Waals surface area contributed by atoms with Gasteiger partial charge in [0.15, 0.2) is 5.58 Å². The van der Waals surface area contributed by atoms with E-state index >= 15 is 0 Å². The Labute approximate surface area is 111 Å². The largest absolute Gasteiger partial charge is 0.431 e. The Morgan fingerprint density at radius 1 is 1.41 bits per heavy atom. The molecule has 1 aromatic heterocycles. The van der Waals surface area contributed by atoms with Gasteiger partial charge in [-0.3, -0.25) is 0 Å². The van der Waals surface area contributed by atoms with Gasteiger partial charge in [-0.1, -0.05) is 23.9 Å². The Balaban J connectivity index is 0.00000108. The monoisotopic (exact) mass is 270 g/mol. The third-order valence-electron chi connectivity index (χ3n) is 2.88. The molecule has 1 aliphatic heterocycles. The van der Waals surface area contributed by atoms with Crippen LogP contribution >= 0.6 is 24.2 Å². The highest BCUT2D eigenvalue weighted by atomic mass is 35.5. The van der Waals surface area contributed by atoms with E-state index in [-0.39, 0.29) is 12.4 Å². The second kappa shape index (κ2) is 5.76. The van der Waals surface area contributed by atoms with E-state index in [1.165, 1.54) is 6.42 Å². The molecule has 0 amide bonds. The summed E-state index contributed by atoms with van der Waals surface area (Å²) in [5.41, 5.74) is 1.84. The SMILES string of the molecule is Cl.c1ccc2oc(SCC3CCNC3)nc2c1. The van der Waals surface area contributed by atoms with Crippen molar-refractivity contribution < 1.29 is 4.42 Å². The van der Waals surface area contributed by atoms with Crippen LogP contribution in [0.25, 0.3) is 11.1 Å². The van der Waals surface area contributed by atoms with Gasteiger partial charge in [-0.05, 0) is 37.6 Å². The molecule has 3 rings (SSSR count). The predicted molar refractivity (Wildman–Crippen MR) is 73.0 cm³/mol. The molecule has 2 aromatic rings. The van der Waals surface area contributed by atoms with Crippen LogP contribution in [0, 0.1) is 5.92 Å². The van der Waals surface area contributed by atoms with Crippen LogP contribution in [-0.4, -0.2) is 23.8 Å². The Hall–Kier alpha value is -0.710. The van der Waals surface area contributed by atoms with Gasteiger partial charge >= 0.3 is 0 Å². The number of nitrogens with one attached hydrogen (secondary N) is 1. The summed E-state index contributed by atoms with van der Waals surface area (Å²) in [5.74, 6) is 1.86. The summed E-state index contributed by atoms with van der Waals surface area (Å²) in [6.45, 7) is 2.28. The maximum atomic E-state index is 5.66. The maximum Gasteiger partial charge on any atom is 0.256 e. The predicted octanol–water partition coefficient (Wildman–Crippen LogP) is 2.95. The van der Waals surface area contributed by atoms with Crippen molar-refractivity contribution in [1.82, 2.24) is 10.3 Å². The van der Waals surface area contributed by atoms with Crippen LogP contribution in [0.5, 0.6) is 0 Å². The molecule has 1 unspecified atom stereocenters. The lowest BCUT2D eigenvalue weighted by Crippen LogP contribution is -2.10. The van der Waals surface area contributed by atoms with Gasteiger partial charge in [0.1, 0.15) is 5.52 Å². The summed E-state index contributed by atoms with van der Waals surface area (Å²) in [7, 11) is 0. The molecule has 0 bridgehead atoms. The first-order valence-electron chi connectivity index (χ1n) is 5.61. The smallest absolute Gasteiger partial charge is 0.256 e. The van der Waals surface area contributed by atoms with E-state index < -0.39 is 0 Å². The molecule has 0 aliphatic carbocycles. The normalized spacial score (nSPS) is 19.4. The van der Waals surface area contributed by atoms with Gasteiger partial charge in [0.2, 0.25) is 0 Å². The zero-order valence-corrected chi connectivity index (χ0v) is 11.0. The number of rotatable bonds is 3. The molecule has 1 aromatic carbocycles. The quantitative estimate of drug-likeness (QED) is 0.871. The third-order valence-corrected chi connectivity index (χ3v) is 3.94. The molecule has 3 nitrogen and oxygen atoms in total. The summed E-state index contributed by atoms with van der Waals surface area (Å²) in [6.07, 6.45) is 1.27. The number of thioether (sulfide) groups is 1. The maximum absolute atomic E-state index is 5.66. The van der Waals surface area contributed by atoms with Crippen LogP contribution in [-0.2, 0) is 0 Å². The number of nitrogens with zero attached hydrogens (tertiary/aromatic N) is 1. The van der Waals surface area contributed by atoms with Crippen LogP contribution in [0.4, 0.5) is 0 Å². The van der Waals surface area contributed by atoms with E-state index in [1.54, 1.807) is 11.8 Å². The molecule has 0 spiro atoms. The fraction of sp³-hybridized carbons (Fsp3) is 0.417. The lowest BCUT2D eigenvalue weighted by molar-refractivity contribution is 0.488. The topological polar surface area (TPSA) is 38.1 Å². The highest BCUT2D eigenvalue weighted by molar-refractivity contribution is 7.99. The van der Waals surface area contributed by atoms with Crippen molar-refractivity contribution >= 4 is 35.3 Å². The first-order valence-corrected chi connectivity index (χ1v) is 6.59. The van der Waals surface area contributed by atoms with Crippen molar-refractivity contribution in [3.05, 3.63) is 24.3 Å². The average molecular weight is 271 g/mol. The van der Waals surface area contributed by atoms with Crippen molar-refractivity contribution in [2.45, 2.75) is 11.6 Å². The molecule has 1 fully saturated rings. The van der Waals surface area contributed by atoms with Gasteiger partial charge < -0.3 is 9.73 Å². The van der Waals surface area contributed by atoms with Gasteiger partial charge in [-0.2, -0.15) is 0 Å². The van der Waals surface area contributed by atoms with Gasteiger partial charge in [-0.25, -0.2) is 4.98 Å². The zero-order chi connectivity index (χ0) is 10.8. The Bertz CT molecular complexity index is 449. The molecule has 1 aliphatic rings. The van der Waals surface area contributed by atoms with E-state index in [0.717, 1.165) is 41.1 Å². The number of aromatic nitrogens is 1. The molecule has 92 valence electrons. The van der Waals surface area contributed by atoms with Crippen molar-refractivity contribution in [3.63, 3.8) is 0 Å². The summed E-state index contributed by atoms with van der Waals surface area (Å²) in [6, 6.07) is 7.91. The number of benzene rings is 1. The Morgan fingerprint density at radius 2 is 2.29 bits per heavy atom. The van der Waals surface area contributed by atoms with Crippen LogP contribution < -0.4 is 5.32 Å². The van der Waals surface area contributed by atoms with Gasteiger partial charge in [-0.15, -0.1) is 12.4 Å². The minimum atomic E-state index is 0. The van der Waals surface area contributed by atoms with Crippen molar-refractivity contribution in [3.8, 4) is 0 Å². The number of oxazole rings is 1. The van der Waals surface area contributed by atoms with Crippen molar-refractivity contribution in [1.29, 1.82) is 0 Å². The van der Waals surface area contributed by atoms with Gasteiger partial charge in [0, 0.05) is 5.75 Å². The summed E-state index contributed by atoms with van der Waals surface area (Å²) < 4.78 is 5.66. The van der Waals surface area contributed by atoms with E-state index in [4.69, 9.17) is 4.42 Å². The Morgan fingerprint density at radius 3 is 3.06 bits per heavy atom. The summed E-state index contributed by atoms with van der Waals surface area (Å²) in [4.78, 5) is 4.45. The lowest BCUT2D eigenvalue weighted by Gasteiger charge is -2.03. The number of hydrogen-bond donors (Lipinski definition) is 1. The molecule has 1 atom stereocenters. The van der Waals surface area contributed by atoms with Gasteiger partial charge in [0.05, 0.1) is 0 Å². The molecule has 5 heteroatoms. The minimum absolute atomic E-state index is 0. The zero-order valence-electron chi connectivity index (χ0n) is 9.39. The number of fused-ring (bicyclic) bond motifs is 1. The number of halogens is 1. The molecule has 0 radical (unpaired) electrons. The second-order valence-corrected chi connectivity index (χ2v) is 5.09. The standard InChI is InChI=1S/C12H14N2OS.ClH/c1-2-4-11-10(3-1)14-12(15-11)16-8-9-5-6-13-7-9;/h1-4,9,13H,5-8H2;1H. The first kappa shape index (κ1) is 12.7. The molecule has 2 heterocycles. The highest BCUT2D eigenvalue weighted by Gasteiger charge is 2.16. The van der Waals surface area contributed by atoms with E-state index in [2.05, 4.69) is 10.3 Å². The van der Waals surface area contributed by atoms with Crippen LogP contribution in [0.15, 0.2) is 33.9 Å². The number of para-hydroxylation sites is 2. The molecule has 0 saturated carbocycles.